The first-order chi connectivity index (χ1) is 8.41. The quantitative estimate of drug-likeness (QED) is 0.247. The van der Waals surface area contributed by atoms with Crippen LogP contribution in [0.15, 0.2) is 0 Å². The van der Waals surface area contributed by atoms with E-state index in [1.807, 2.05) is 4.90 Å². The van der Waals surface area contributed by atoms with E-state index >= 15 is 0 Å². The molecule has 0 N–H and O–H groups in total. The van der Waals surface area contributed by atoms with E-state index in [0.717, 1.165) is 32.7 Å². The van der Waals surface area contributed by atoms with E-state index in [-0.39, 0.29) is 88.7 Å². The Morgan fingerprint density at radius 2 is 1.29 bits per heavy atom. The Balaban J connectivity index is -0.00000108. The van der Waals surface area contributed by atoms with Gasteiger partial charge in [-0.25, -0.2) is 0 Å². The molecule has 1 saturated heterocycles. The molecule has 0 aliphatic carbocycles. The Morgan fingerprint density at radius 1 is 0.857 bits per heavy atom. The first kappa shape index (κ1) is 29.3. The van der Waals surface area contributed by atoms with Gasteiger partial charge in [-0.1, -0.05) is 13.0 Å². The molecule has 0 aromatic rings. The number of piperazine rings is 1. The summed E-state index contributed by atoms with van der Waals surface area (Å²) in [7, 11) is 0. The molecule has 21 heavy (non-hydrogen) atoms. The van der Waals surface area contributed by atoms with E-state index in [2.05, 4.69) is 4.90 Å². The zero-order valence-electron chi connectivity index (χ0n) is 12.5. The summed E-state index contributed by atoms with van der Waals surface area (Å²) in [4.78, 5) is 5.98. The summed E-state index contributed by atoms with van der Waals surface area (Å²) in [6.07, 6.45) is 0. The van der Waals surface area contributed by atoms with Gasteiger partial charge in [0.15, 0.2) is 0 Å². The van der Waals surface area contributed by atoms with E-state index in [0.29, 0.717) is 19.5 Å². The molecule has 0 saturated carbocycles. The SMILES string of the molecule is S=C([S-])N1CCN(CCN(C(=S)[S-])C(=S)[S-])CC1.[Na+].[Na+].[Na+]. The molecule has 1 aliphatic rings. The third-order valence-electron chi connectivity index (χ3n) is 2.71. The third-order valence-corrected chi connectivity index (χ3v) is 4.11. The van der Waals surface area contributed by atoms with Gasteiger partial charge in [-0.3, -0.25) is 4.90 Å². The van der Waals surface area contributed by atoms with Gasteiger partial charge in [-0.2, -0.15) is 0 Å². The van der Waals surface area contributed by atoms with Gasteiger partial charge in [0.25, 0.3) is 0 Å². The van der Waals surface area contributed by atoms with Crippen LogP contribution in [-0.2, 0) is 37.9 Å². The molecule has 0 aromatic carbocycles. The minimum Gasteiger partial charge on any atom is -0.411 e. The Labute approximate surface area is 226 Å². The number of nitrogens with zero attached hydrogens (tertiary/aromatic N) is 3. The third kappa shape index (κ3) is 11.7. The summed E-state index contributed by atoms with van der Waals surface area (Å²) < 4.78 is 1.19. The van der Waals surface area contributed by atoms with Crippen molar-refractivity contribution >= 4 is 87.5 Å². The number of hydrogen-bond acceptors (Lipinski definition) is 7. The predicted octanol–water partition coefficient (Wildman–Crippen LogP) is -8.59. The van der Waals surface area contributed by atoms with Crippen LogP contribution in [0.25, 0.3) is 0 Å². The minimum atomic E-state index is 0. The second kappa shape index (κ2) is 15.7. The summed E-state index contributed by atoms with van der Waals surface area (Å²) in [5.74, 6) is 0. The van der Waals surface area contributed by atoms with E-state index in [4.69, 9.17) is 74.5 Å². The van der Waals surface area contributed by atoms with Crippen molar-refractivity contribution in [3.05, 3.63) is 0 Å². The Morgan fingerprint density at radius 3 is 1.62 bits per heavy atom. The van der Waals surface area contributed by atoms with Crippen LogP contribution in [0.1, 0.15) is 0 Å². The molecule has 0 unspecified atom stereocenters. The van der Waals surface area contributed by atoms with Gasteiger partial charge in [0.2, 0.25) is 0 Å². The zero-order valence-corrected chi connectivity index (χ0v) is 23.4. The fraction of sp³-hybridized carbons (Fsp3) is 0.667. The molecule has 0 radical (unpaired) electrons. The molecule has 1 aliphatic heterocycles. The second-order valence-corrected chi connectivity index (χ2v) is 6.87. The van der Waals surface area contributed by atoms with Crippen molar-refractivity contribution < 1.29 is 88.7 Å². The van der Waals surface area contributed by atoms with Crippen LogP contribution in [0, 0.1) is 0 Å². The topological polar surface area (TPSA) is 9.72 Å². The van der Waals surface area contributed by atoms with E-state index in [1.54, 1.807) is 4.90 Å². The molecule has 12 heteroatoms. The summed E-state index contributed by atoms with van der Waals surface area (Å²) in [5.41, 5.74) is 0. The van der Waals surface area contributed by atoms with Crippen molar-refractivity contribution in [2.75, 3.05) is 39.3 Å². The maximum absolute atomic E-state index is 4.98. The largest absolute Gasteiger partial charge is 1.00 e. The van der Waals surface area contributed by atoms with Gasteiger partial charge < -0.3 is 84.3 Å². The molecule has 1 rings (SSSR count). The van der Waals surface area contributed by atoms with Crippen molar-refractivity contribution in [3.63, 3.8) is 0 Å². The van der Waals surface area contributed by atoms with Crippen molar-refractivity contribution in [3.8, 4) is 0 Å². The molecule has 0 bridgehead atoms. The Hall–Kier alpha value is 3.49. The van der Waals surface area contributed by atoms with Crippen LogP contribution in [0.5, 0.6) is 0 Å². The summed E-state index contributed by atoms with van der Waals surface area (Å²) >= 11 is 29.7. The number of hydrogen-bond donors (Lipinski definition) is 0. The molecule has 0 spiro atoms. The molecule has 0 atom stereocenters. The predicted molar refractivity (Wildman–Crippen MR) is 94.6 cm³/mol. The molecule has 102 valence electrons. The van der Waals surface area contributed by atoms with E-state index < -0.39 is 0 Å². The molecular formula is C9H12N3Na3S6. The number of rotatable bonds is 3. The standard InChI is InChI=1S/C9H15N3S6.3Na/c13-7(14)11-4-1-10(2-5-11)3-6-12(8(15)16)9(17)18;;;/h1-6H2,(H,13,14)(H,15,16)(H,17,18);;;/q;3*+1/p-3. The number of thiocarbonyl (C=S) groups is 3. The molecule has 0 amide bonds. The van der Waals surface area contributed by atoms with Crippen LogP contribution in [0.4, 0.5) is 0 Å². The van der Waals surface area contributed by atoms with E-state index in [1.165, 1.54) is 0 Å². The molecule has 0 aromatic heterocycles. The molecule has 1 fully saturated rings. The van der Waals surface area contributed by atoms with Crippen LogP contribution in [0.3, 0.4) is 0 Å². The monoisotopic (exact) mass is 423 g/mol. The average molecular weight is 424 g/mol. The molecule has 1 heterocycles. The summed E-state index contributed by atoms with van der Waals surface area (Å²) in [6, 6.07) is 0. The first-order valence-corrected chi connectivity index (χ1v) is 7.74. The maximum atomic E-state index is 4.98. The second-order valence-electron chi connectivity index (χ2n) is 3.78. The van der Waals surface area contributed by atoms with Gasteiger partial charge in [0.05, 0.1) is 0 Å². The van der Waals surface area contributed by atoms with Crippen molar-refractivity contribution in [1.82, 2.24) is 14.7 Å². The fourth-order valence-electron chi connectivity index (χ4n) is 1.65. The smallest absolute Gasteiger partial charge is 0.411 e. The van der Waals surface area contributed by atoms with E-state index in [9.17, 15) is 0 Å². The fourth-order valence-corrected chi connectivity index (χ4v) is 2.98. The van der Waals surface area contributed by atoms with Crippen molar-refractivity contribution in [1.29, 1.82) is 0 Å². The zero-order chi connectivity index (χ0) is 13.7. The molecule has 3 nitrogen and oxygen atoms in total. The normalized spacial score (nSPS) is 14.0. The van der Waals surface area contributed by atoms with Gasteiger partial charge in [0.1, 0.15) is 0 Å². The first-order valence-electron chi connectivity index (χ1n) is 5.29. The van der Waals surface area contributed by atoms with Crippen molar-refractivity contribution in [2.45, 2.75) is 0 Å². The summed E-state index contributed by atoms with van der Waals surface area (Å²) in [6.45, 7) is 5.10. The Bertz CT molecular complexity index is 338. The van der Waals surface area contributed by atoms with Gasteiger partial charge >= 0.3 is 88.7 Å². The van der Waals surface area contributed by atoms with Crippen LogP contribution >= 0.6 is 36.7 Å². The van der Waals surface area contributed by atoms with Gasteiger partial charge in [-0.05, 0) is 0 Å². The van der Waals surface area contributed by atoms with Crippen LogP contribution in [-0.4, -0.2) is 66.9 Å². The maximum Gasteiger partial charge on any atom is 1.00 e. The van der Waals surface area contributed by atoms with Crippen molar-refractivity contribution in [2.24, 2.45) is 0 Å². The minimum absolute atomic E-state index is 0. The van der Waals surface area contributed by atoms with Gasteiger partial charge in [0, 0.05) is 39.3 Å². The Kier molecular flexibility index (Phi) is 21.9. The molecular weight excluding hydrogens is 411 g/mol. The average Bonchev–Trinajstić information content (AvgIpc) is 2.28. The van der Waals surface area contributed by atoms with Gasteiger partial charge in [-0.15, -0.1) is 0 Å². The summed E-state index contributed by atoms with van der Waals surface area (Å²) in [5, 5.41) is 0. The van der Waals surface area contributed by atoms with Crippen LogP contribution in [0.2, 0.25) is 0 Å². The van der Waals surface area contributed by atoms with Crippen LogP contribution < -0.4 is 88.7 Å².